The minimum Gasteiger partial charge on any atom is -0.350 e. The number of ether oxygens (including phenoxy) is 2. The molecule has 4 nitrogen and oxygen atoms in total. The highest BCUT2D eigenvalue weighted by Crippen LogP contribution is 2.19. The summed E-state index contributed by atoms with van der Waals surface area (Å²) in [6, 6.07) is 0. The molecular weight excluding hydrogens is 289 g/mol. The molecule has 1 amide bonds. The van der Waals surface area contributed by atoms with E-state index >= 15 is 0 Å². The van der Waals surface area contributed by atoms with Gasteiger partial charge in [-0.05, 0) is 13.8 Å². The number of hydrogen-bond donors (Lipinski definition) is 0. The summed E-state index contributed by atoms with van der Waals surface area (Å²) < 4.78 is 11.3. The lowest BCUT2D eigenvalue weighted by molar-refractivity contribution is -0.233. The van der Waals surface area contributed by atoms with Crippen LogP contribution >= 0.6 is 23.2 Å². The van der Waals surface area contributed by atoms with Crippen LogP contribution in [0.3, 0.4) is 0 Å². The molecule has 0 aromatic carbocycles. The fraction of sp³-hybridized carbons (Fsp3) is 0.769. The predicted molar refractivity (Wildman–Crippen MR) is 76.3 cm³/mol. The molecule has 1 saturated heterocycles. The number of alkyl halides is 2. The molecule has 0 N–H and O–H groups in total. The second-order valence-corrected chi connectivity index (χ2v) is 5.79. The van der Waals surface area contributed by atoms with Gasteiger partial charge in [0.25, 0.3) is 5.91 Å². The topological polar surface area (TPSA) is 38.8 Å². The zero-order valence-corrected chi connectivity index (χ0v) is 13.0. The highest BCUT2D eigenvalue weighted by molar-refractivity contribution is 6.53. The molecule has 6 heteroatoms. The van der Waals surface area contributed by atoms with Gasteiger partial charge in [0.15, 0.2) is 11.1 Å². The molecule has 0 saturated carbocycles. The van der Waals surface area contributed by atoms with Crippen LogP contribution in [0.25, 0.3) is 0 Å². The van der Waals surface area contributed by atoms with E-state index in [0.717, 1.165) is 0 Å². The molecule has 3 unspecified atom stereocenters. The Kier molecular flexibility index (Phi) is 7.15. The maximum atomic E-state index is 11.9. The molecule has 19 heavy (non-hydrogen) atoms. The van der Waals surface area contributed by atoms with Gasteiger partial charge >= 0.3 is 0 Å². The Morgan fingerprint density at radius 1 is 1.47 bits per heavy atom. The van der Waals surface area contributed by atoms with E-state index < -0.39 is 11.1 Å². The molecule has 0 radical (unpaired) electrons. The Morgan fingerprint density at radius 2 is 2.16 bits per heavy atom. The molecule has 1 aliphatic heterocycles. The number of nitrogens with zero attached hydrogens (tertiary/aromatic N) is 1. The highest BCUT2D eigenvalue weighted by Gasteiger charge is 2.29. The monoisotopic (exact) mass is 309 g/mol. The molecule has 1 fully saturated rings. The van der Waals surface area contributed by atoms with Crippen LogP contribution in [0, 0.1) is 5.92 Å². The van der Waals surface area contributed by atoms with Crippen molar-refractivity contribution in [2.45, 2.75) is 38.0 Å². The van der Waals surface area contributed by atoms with Crippen molar-refractivity contribution in [1.29, 1.82) is 0 Å². The number of carbonyl (C=O) groups is 1. The lowest BCUT2D eigenvalue weighted by atomic mass is 10.1. The third-order valence-electron chi connectivity index (χ3n) is 3.14. The second-order valence-electron chi connectivity index (χ2n) is 4.69. The van der Waals surface area contributed by atoms with Gasteiger partial charge in [-0.1, -0.05) is 42.3 Å². The first-order chi connectivity index (χ1) is 8.95. The van der Waals surface area contributed by atoms with E-state index in [1.165, 1.54) is 4.90 Å². The summed E-state index contributed by atoms with van der Waals surface area (Å²) in [6.07, 6.45) is 3.42. The fourth-order valence-electron chi connectivity index (χ4n) is 1.71. The summed E-state index contributed by atoms with van der Waals surface area (Å²) >= 11 is 11.3. The molecule has 0 bridgehead atoms. The predicted octanol–water partition coefficient (Wildman–Crippen LogP) is 2.59. The quantitative estimate of drug-likeness (QED) is 0.579. The highest BCUT2D eigenvalue weighted by atomic mass is 35.5. The van der Waals surface area contributed by atoms with Crippen LogP contribution in [0.4, 0.5) is 0 Å². The van der Waals surface area contributed by atoms with Crippen molar-refractivity contribution in [3.05, 3.63) is 12.2 Å². The van der Waals surface area contributed by atoms with Gasteiger partial charge in [-0.15, -0.1) is 0 Å². The maximum absolute atomic E-state index is 11.9. The minimum absolute atomic E-state index is 0.111. The lowest BCUT2D eigenvalue weighted by Crippen LogP contribution is -2.46. The van der Waals surface area contributed by atoms with Crippen LogP contribution in [-0.4, -0.2) is 47.7 Å². The third kappa shape index (κ3) is 5.30. The summed E-state index contributed by atoms with van der Waals surface area (Å²) in [4.78, 5) is 12.4. The van der Waals surface area contributed by atoms with Crippen molar-refractivity contribution in [2.75, 3.05) is 19.7 Å². The van der Waals surface area contributed by atoms with Crippen molar-refractivity contribution >= 4 is 29.1 Å². The van der Waals surface area contributed by atoms with Gasteiger partial charge in [-0.3, -0.25) is 4.79 Å². The van der Waals surface area contributed by atoms with Crippen molar-refractivity contribution in [2.24, 2.45) is 5.92 Å². The van der Waals surface area contributed by atoms with Crippen molar-refractivity contribution in [1.82, 2.24) is 4.90 Å². The van der Waals surface area contributed by atoms with Gasteiger partial charge in [-0.2, -0.15) is 0 Å². The van der Waals surface area contributed by atoms with E-state index in [0.29, 0.717) is 25.6 Å². The number of hydrogen-bond acceptors (Lipinski definition) is 3. The second kappa shape index (κ2) is 8.10. The number of amides is 1. The van der Waals surface area contributed by atoms with Crippen molar-refractivity contribution in [3.63, 3.8) is 0 Å². The van der Waals surface area contributed by atoms with Crippen LogP contribution in [-0.2, 0) is 14.3 Å². The summed E-state index contributed by atoms with van der Waals surface area (Å²) in [7, 11) is 0. The Labute approximate surface area is 124 Å². The molecule has 1 rings (SSSR count). The molecule has 1 heterocycles. The first-order valence-corrected chi connectivity index (χ1v) is 7.28. The summed E-state index contributed by atoms with van der Waals surface area (Å²) in [5.74, 6) is 0.0182. The van der Waals surface area contributed by atoms with Crippen LogP contribution in [0.1, 0.15) is 20.8 Å². The number of carbonyl (C=O) groups excluding carboxylic acids is 1. The average Bonchev–Trinajstić information content (AvgIpc) is 2.37. The Hall–Kier alpha value is -0.290. The van der Waals surface area contributed by atoms with Gasteiger partial charge in [0, 0.05) is 12.5 Å². The van der Waals surface area contributed by atoms with Crippen LogP contribution < -0.4 is 0 Å². The zero-order valence-electron chi connectivity index (χ0n) is 11.5. The fourth-order valence-corrected chi connectivity index (χ4v) is 1.98. The van der Waals surface area contributed by atoms with Gasteiger partial charge < -0.3 is 14.4 Å². The molecule has 3 atom stereocenters. The Balaban J connectivity index is 2.59. The average molecular weight is 310 g/mol. The first-order valence-electron chi connectivity index (χ1n) is 6.40. The standard InChI is InChI=1S/C13H21Cl2NO3/c1-4-5-6-16(13(17)12(14)15)7-11-18-8-9(2)10(3)19-11/h4-5,9-12H,6-8H2,1-3H3. The third-order valence-corrected chi connectivity index (χ3v) is 3.52. The van der Waals surface area contributed by atoms with Gasteiger partial charge in [0.05, 0.1) is 19.3 Å². The SMILES string of the molecule is CC=CCN(CC1OCC(C)C(C)O1)C(=O)C(Cl)Cl. The molecule has 110 valence electrons. The maximum Gasteiger partial charge on any atom is 0.256 e. The summed E-state index contributed by atoms with van der Waals surface area (Å²) in [5.41, 5.74) is 0. The largest absolute Gasteiger partial charge is 0.350 e. The zero-order chi connectivity index (χ0) is 14.4. The molecular formula is C13H21Cl2NO3. The molecule has 0 spiro atoms. The van der Waals surface area contributed by atoms with E-state index in [9.17, 15) is 4.79 Å². The summed E-state index contributed by atoms with van der Waals surface area (Å²) in [5, 5.41) is 0. The number of allylic oxidation sites excluding steroid dienone is 1. The lowest BCUT2D eigenvalue weighted by Gasteiger charge is -2.35. The number of halogens is 2. The van der Waals surface area contributed by atoms with Gasteiger partial charge in [-0.25, -0.2) is 0 Å². The molecule has 0 aliphatic carbocycles. The van der Waals surface area contributed by atoms with E-state index in [-0.39, 0.29) is 12.0 Å². The van der Waals surface area contributed by atoms with Crippen LogP contribution in [0.2, 0.25) is 0 Å². The van der Waals surface area contributed by atoms with E-state index in [1.807, 2.05) is 26.0 Å². The van der Waals surface area contributed by atoms with E-state index in [1.54, 1.807) is 0 Å². The smallest absolute Gasteiger partial charge is 0.256 e. The summed E-state index contributed by atoms with van der Waals surface area (Å²) in [6.45, 7) is 7.36. The number of rotatable bonds is 5. The molecule has 0 aromatic heterocycles. The normalized spacial score (nSPS) is 28.0. The van der Waals surface area contributed by atoms with E-state index in [2.05, 4.69) is 6.92 Å². The Morgan fingerprint density at radius 3 is 2.68 bits per heavy atom. The van der Waals surface area contributed by atoms with Crippen LogP contribution in [0.15, 0.2) is 12.2 Å². The van der Waals surface area contributed by atoms with Gasteiger partial charge in [0.1, 0.15) is 0 Å². The van der Waals surface area contributed by atoms with Crippen LogP contribution in [0.5, 0.6) is 0 Å². The molecule has 1 aliphatic rings. The Bertz CT molecular complexity index is 323. The first kappa shape index (κ1) is 16.8. The van der Waals surface area contributed by atoms with Crippen molar-refractivity contribution < 1.29 is 14.3 Å². The molecule has 0 aromatic rings. The van der Waals surface area contributed by atoms with E-state index in [4.69, 9.17) is 32.7 Å². The minimum atomic E-state index is -1.06. The van der Waals surface area contributed by atoms with Crippen molar-refractivity contribution in [3.8, 4) is 0 Å². The van der Waals surface area contributed by atoms with Gasteiger partial charge in [0.2, 0.25) is 0 Å².